The number of amides is 2. The molecule has 11 nitrogen and oxygen atoms in total. The van der Waals surface area contributed by atoms with E-state index in [1.165, 1.54) is 0 Å². The maximum absolute atomic E-state index is 13.9. The molecule has 4 N–H and O–H groups in total. The van der Waals surface area contributed by atoms with E-state index in [0.29, 0.717) is 87.1 Å². The van der Waals surface area contributed by atoms with Crippen LogP contribution in [0.25, 0.3) is 21.7 Å². The number of aryl methyl sites for hydroxylation is 1. The molecule has 0 aliphatic carbocycles. The van der Waals surface area contributed by atoms with Gasteiger partial charge in [0.25, 0.3) is 11.8 Å². The fourth-order valence-corrected chi connectivity index (χ4v) is 6.47. The second-order valence-electron chi connectivity index (χ2n) is 12.0. The van der Waals surface area contributed by atoms with Crippen molar-refractivity contribution in [3.63, 3.8) is 0 Å². The van der Waals surface area contributed by atoms with Crippen molar-refractivity contribution in [2.24, 2.45) is 0 Å². The van der Waals surface area contributed by atoms with Gasteiger partial charge in [0.2, 0.25) is 0 Å². The van der Waals surface area contributed by atoms with Crippen molar-refractivity contribution in [2.45, 2.75) is 12.8 Å². The first-order valence-electron chi connectivity index (χ1n) is 16.5. The lowest BCUT2D eigenvalue weighted by Crippen LogP contribution is -2.30. The predicted molar refractivity (Wildman–Crippen MR) is 193 cm³/mol. The van der Waals surface area contributed by atoms with Gasteiger partial charge in [-0.1, -0.05) is 18.2 Å². The Hall–Kier alpha value is -4.65. The minimum absolute atomic E-state index is 0.00352. The molecule has 0 saturated carbocycles. The van der Waals surface area contributed by atoms with Crippen LogP contribution in [0.2, 0.25) is 0 Å². The molecule has 1 aliphatic heterocycles. The zero-order valence-corrected chi connectivity index (χ0v) is 28.5. The topological polar surface area (TPSA) is 143 Å². The third-order valence-corrected chi connectivity index (χ3v) is 8.97. The van der Waals surface area contributed by atoms with Crippen LogP contribution in [0.5, 0.6) is 11.5 Å². The number of carbonyl (C=O) groups excluding carboxylic acids is 2. The van der Waals surface area contributed by atoms with Crippen molar-refractivity contribution in [2.75, 3.05) is 75.5 Å². The molecule has 1 aromatic heterocycles. The van der Waals surface area contributed by atoms with E-state index in [-0.39, 0.29) is 30.1 Å². The third kappa shape index (κ3) is 7.88. The highest BCUT2D eigenvalue weighted by molar-refractivity contribution is 6.19. The lowest BCUT2D eigenvalue weighted by Gasteiger charge is -2.18. The van der Waals surface area contributed by atoms with Gasteiger partial charge in [0.1, 0.15) is 23.8 Å². The van der Waals surface area contributed by atoms with E-state index in [0.717, 1.165) is 32.8 Å². The van der Waals surface area contributed by atoms with Gasteiger partial charge in [-0.15, -0.1) is 11.6 Å². The number of aliphatic hydroxyl groups excluding tert-OH is 1. The van der Waals surface area contributed by atoms with Gasteiger partial charge in [0.05, 0.1) is 51.9 Å². The average Bonchev–Trinajstić information content (AvgIpc) is 3.72. The maximum Gasteiger partial charge on any atom is 0.274 e. The Labute approximate surface area is 294 Å². The summed E-state index contributed by atoms with van der Waals surface area (Å²) in [4.78, 5) is 31.8. The number of anilines is 2. The highest BCUT2D eigenvalue weighted by atomic mass is 35.5. The molecule has 1 atom stereocenters. The smallest absolute Gasteiger partial charge is 0.274 e. The first kappa shape index (κ1) is 35.2. The Morgan fingerprint density at radius 1 is 0.920 bits per heavy atom. The lowest BCUT2D eigenvalue weighted by atomic mass is 9.92. The predicted octanol–water partition coefficient (Wildman–Crippen LogP) is 5.99. The second kappa shape index (κ2) is 16.4. The number of phenols is 1. The van der Waals surface area contributed by atoms with Crippen LogP contribution in [0.1, 0.15) is 37.9 Å². The number of nitrogens with zero attached hydrogens (tertiary/aromatic N) is 1. The first-order chi connectivity index (χ1) is 24.4. The number of aliphatic hydroxyl groups is 1. The molecule has 2 heterocycles. The fourth-order valence-electron chi connectivity index (χ4n) is 6.22. The fraction of sp³-hybridized carbons (Fsp3) is 0.316. The summed E-state index contributed by atoms with van der Waals surface area (Å²) in [5, 5.41) is 24.9. The number of alkyl halides is 1. The molecule has 0 unspecified atom stereocenters. The number of carbonyl (C=O) groups is 2. The van der Waals surface area contributed by atoms with Gasteiger partial charge < -0.3 is 44.4 Å². The van der Waals surface area contributed by atoms with Crippen LogP contribution in [-0.2, 0) is 14.2 Å². The van der Waals surface area contributed by atoms with Crippen molar-refractivity contribution in [1.82, 2.24) is 4.98 Å². The molecule has 1 aliphatic rings. The van der Waals surface area contributed by atoms with Crippen LogP contribution in [0.15, 0.2) is 72.8 Å². The minimum atomic E-state index is -0.282. The van der Waals surface area contributed by atoms with Crippen LogP contribution in [0, 0.1) is 6.92 Å². The molecule has 5 aromatic rings. The summed E-state index contributed by atoms with van der Waals surface area (Å²) in [5.41, 5.74) is 4.84. The highest BCUT2D eigenvalue weighted by Gasteiger charge is 2.35. The molecule has 50 heavy (non-hydrogen) atoms. The quantitative estimate of drug-likeness (QED) is 0.0726. The molecule has 0 radical (unpaired) electrons. The van der Waals surface area contributed by atoms with Gasteiger partial charge in [0, 0.05) is 51.9 Å². The molecule has 4 aromatic carbocycles. The summed E-state index contributed by atoms with van der Waals surface area (Å²) in [5.74, 6) is 0.490. The van der Waals surface area contributed by atoms with Gasteiger partial charge in [-0.05, 0) is 72.0 Å². The Bertz CT molecular complexity index is 1960. The molecule has 0 fully saturated rings. The second-order valence-corrected chi connectivity index (χ2v) is 12.3. The van der Waals surface area contributed by atoms with Gasteiger partial charge in [-0.3, -0.25) is 9.59 Å². The summed E-state index contributed by atoms with van der Waals surface area (Å²) >= 11 is 6.41. The lowest BCUT2D eigenvalue weighted by molar-refractivity contribution is 0.00361. The summed E-state index contributed by atoms with van der Waals surface area (Å²) in [7, 11) is 0. The summed E-state index contributed by atoms with van der Waals surface area (Å²) in [6.07, 6.45) is 0. The number of ether oxygens (including phenoxy) is 4. The van der Waals surface area contributed by atoms with Gasteiger partial charge >= 0.3 is 0 Å². The zero-order chi connectivity index (χ0) is 35.0. The number of nitrogens with one attached hydrogen (secondary N) is 2. The van der Waals surface area contributed by atoms with Gasteiger partial charge in [-0.25, -0.2) is 0 Å². The van der Waals surface area contributed by atoms with Crippen LogP contribution in [-0.4, -0.2) is 92.3 Å². The largest absolute Gasteiger partial charge is 0.507 e. The summed E-state index contributed by atoms with van der Waals surface area (Å²) in [6.45, 7) is 5.18. The van der Waals surface area contributed by atoms with Crippen molar-refractivity contribution < 1.29 is 38.7 Å². The SMILES string of the molecule is Cc1cccc2c(O)cc3c(c12)[C@H](CCl)CN3C(=O)c1cc2cc(NC(=O)c3ccc(OCCOCCOCCOCCO)cc3)ccc2[nH]1. The number of aromatic hydroxyl groups is 1. The molecular formula is C38H40ClN3O8. The number of aromatic amines is 1. The van der Waals surface area contributed by atoms with E-state index in [2.05, 4.69) is 10.3 Å². The summed E-state index contributed by atoms with van der Waals surface area (Å²) in [6, 6.07) is 21.5. The van der Waals surface area contributed by atoms with Crippen LogP contribution in [0.3, 0.4) is 0 Å². The van der Waals surface area contributed by atoms with Gasteiger partial charge in [-0.2, -0.15) is 0 Å². The van der Waals surface area contributed by atoms with E-state index in [1.54, 1.807) is 47.4 Å². The maximum atomic E-state index is 13.9. The molecule has 6 rings (SSSR count). The van der Waals surface area contributed by atoms with E-state index in [1.807, 2.05) is 37.3 Å². The van der Waals surface area contributed by atoms with Crippen molar-refractivity contribution in [3.05, 3.63) is 95.2 Å². The normalized spacial score (nSPS) is 14.0. The Morgan fingerprint density at radius 2 is 1.64 bits per heavy atom. The van der Waals surface area contributed by atoms with Crippen LogP contribution >= 0.6 is 11.6 Å². The standard InChI is InChI=1S/C38H40ClN3O8/c1-24-3-2-4-30-34(44)21-33-36(35(24)30)27(22-39)23-42(33)38(46)32-20-26-19-28(7-10-31(26)41-32)40-37(45)25-5-8-29(9-6-25)50-18-17-49-16-15-48-14-13-47-12-11-43/h2-10,19-21,27,41,43-44H,11-18,22-23H2,1H3,(H,40,45)/t27-/m1/s1. The number of H-pyrrole nitrogens is 1. The molecule has 0 spiro atoms. The Morgan fingerprint density at radius 3 is 2.36 bits per heavy atom. The van der Waals surface area contributed by atoms with E-state index in [4.69, 9.17) is 35.7 Å². The van der Waals surface area contributed by atoms with Crippen molar-refractivity contribution >= 4 is 56.5 Å². The van der Waals surface area contributed by atoms with E-state index >= 15 is 0 Å². The number of fused-ring (bicyclic) bond motifs is 4. The number of phenolic OH excluding ortho intramolecular Hbond substituents is 1. The number of aromatic nitrogens is 1. The Kier molecular flexibility index (Phi) is 11.5. The van der Waals surface area contributed by atoms with Crippen molar-refractivity contribution in [3.8, 4) is 11.5 Å². The van der Waals surface area contributed by atoms with Crippen molar-refractivity contribution in [1.29, 1.82) is 0 Å². The van der Waals surface area contributed by atoms with E-state index in [9.17, 15) is 14.7 Å². The number of benzene rings is 4. The highest BCUT2D eigenvalue weighted by Crippen LogP contribution is 2.46. The number of hydrogen-bond acceptors (Lipinski definition) is 8. The van der Waals surface area contributed by atoms with Gasteiger partial charge in [0.15, 0.2) is 0 Å². The minimum Gasteiger partial charge on any atom is -0.507 e. The molecule has 0 bridgehead atoms. The molecular weight excluding hydrogens is 662 g/mol. The number of rotatable bonds is 16. The zero-order valence-electron chi connectivity index (χ0n) is 27.7. The van der Waals surface area contributed by atoms with E-state index < -0.39 is 0 Å². The first-order valence-corrected chi connectivity index (χ1v) is 17.1. The van der Waals surface area contributed by atoms with Crippen LogP contribution in [0.4, 0.5) is 11.4 Å². The number of hydrogen-bond donors (Lipinski definition) is 4. The monoisotopic (exact) mass is 701 g/mol. The van der Waals surface area contributed by atoms with Crippen LogP contribution < -0.4 is 15.0 Å². The summed E-state index contributed by atoms with van der Waals surface area (Å²) < 4.78 is 21.7. The molecule has 262 valence electrons. The molecule has 0 saturated heterocycles. The Balaban J connectivity index is 1.04. The third-order valence-electron chi connectivity index (χ3n) is 8.60. The molecule has 12 heteroatoms. The molecule has 2 amide bonds. The average molecular weight is 702 g/mol. The number of halogens is 1.